The number of nitrogens with two attached hydrogens (primary N) is 1. The average Bonchev–Trinajstić information content (AvgIpc) is 2.35. The fraction of sp³-hybridized carbons (Fsp3) is 0.333. The maximum atomic E-state index is 13.7. The van der Waals surface area contributed by atoms with Crippen LogP contribution in [0.25, 0.3) is 6.08 Å². The maximum Gasteiger partial charge on any atom is 0.171 e. The highest BCUT2D eigenvalue weighted by Crippen LogP contribution is 2.40. The predicted octanol–water partition coefficient (Wildman–Crippen LogP) is 1.82. The zero-order valence-corrected chi connectivity index (χ0v) is 10.1. The predicted molar refractivity (Wildman–Crippen MR) is 64.1 cm³/mol. The summed E-state index contributed by atoms with van der Waals surface area (Å²) in [5.74, 6) is 0.312. The van der Waals surface area contributed by atoms with Crippen LogP contribution in [0, 0.1) is 5.82 Å². The van der Waals surface area contributed by atoms with E-state index >= 15 is 0 Å². The molecule has 0 atom stereocenters. The van der Waals surface area contributed by atoms with Crippen LogP contribution < -0.4 is 19.9 Å². The standard InChI is InChI=1S/C12H16FNO3/c1-15-10-7-9(13)11(16-2)8(5-4-6-14)12(10)17-3/h4-5,7H,6,14H2,1-3H3/b5-4+. The van der Waals surface area contributed by atoms with E-state index < -0.39 is 5.82 Å². The molecule has 0 radical (unpaired) electrons. The van der Waals surface area contributed by atoms with Gasteiger partial charge in [-0.05, 0) is 6.08 Å². The Balaban J connectivity index is 3.46. The van der Waals surface area contributed by atoms with Crippen LogP contribution in [0.15, 0.2) is 12.1 Å². The molecule has 0 fully saturated rings. The normalized spacial score (nSPS) is 10.6. The quantitative estimate of drug-likeness (QED) is 0.854. The van der Waals surface area contributed by atoms with Gasteiger partial charge in [0.25, 0.3) is 0 Å². The van der Waals surface area contributed by atoms with Gasteiger partial charge >= 0.3 is 0 Å². The van der Waals surface area contributed by atoms with Crippen molar-refractivity contribution in [2.75, 3.05) is 27.9 Å². The number of rotatable bonds is 5. The summed E-state index contributed by atoms with van der Waals surface area (Å²) in [5.41, 5.74) is 5.84. The Morgan fingerprint density at radius 1 is 1.18 bits per heavy atom. The van der Waals surface area contributed by atoms with E-state index in [9.17, 15) is 4.39 Å². The molecule has 0 aliphatic heterocycles. The summed E-state index contributed by atoms with van der Waals surface area (Å²) in [7, 11) is 4.32. The number of hydrogen-bond acceptors (Lipinski definition) is 4. The third-order valence-electron chi connectivity index (χ3n) is 2.24. The summed E-state index contributed by atoms with van der Waals surface area (Å²) < 4.78 is 29.0. The van der Waals surface area contributed by atoms with E-state index in [1.165, 1.54) is 27.4 Å². The van der Waals surface area contributed by atoms with Crippen molar-refractivity contribution in [2.45, 2.75) is 0 Å². The molecule has 4 nitrogen and oxygen atoms in total. The summed E-state index contributed by atoms with van der Waals surface area (Å²) in [6.45, 7) is 0.338. The topological polar surface area (TPSA) is 53.7 Å². The van der Waals surface area contributed by atoms with Gasteiger partial charge in [0.1, 0.15) is 0 Å². The van der Waals surface area contributed by atoms with Gasteiger partial charge in [0.05, 0.1) is 26.9 Å². The molecule has 0 unspecified atom stereocenters. The van der Waals surface area contributed by atoms with Crippen molar-refractivity contribution >= 4 is 6.08 Å². The van der Waals surface area contributed by atoms with E-state index in [1.807, 2.05) is 0 Å². The monoisotopic (exact) mass is 241 g/mol. The van der Waals surface area contributed by atoms with Gasteiger partial charge in [-0.2, -0.15) is 0 Å². The molecule has 0 heterocycles. The maximum absolute atomic E-state index is 13.7. The van der Waals surface area contributed by atoms with Gasteiger partial charge in [-0.25, -0.2) is 4.39 Å². The molecule has 5 heteroatoms. The average molecular weight is 241 g/mol. The van der Waals surface area contributed by atoms with Crippen molar-refractivity contribution in [1.29, 1.82) is 0 Å². The molecule has 0 aromatic heterocycles. The van der Waals surface area contributed by atoms with Crippen molar-refractivity contribution in [1.82, 2.24) is 0 Å². The zero-order chi connectivity index (χ0) is 12.8. The van der Waals surface area contributed by atoms with E-state index in [-0.39, 0.29) is 5.75 Å². The number of benzene rings is 1. The van der Waals surface area contributed by atoms with Crippen molar-refractivity contribution in [3.63, 3.8) is 0 Å². The first kappa shape index (κ1) is 13.3. The molecule has 0 spiro atoms. The van der Waals surface area contributed by atoms with Crippen molar-refractivity contribution in [3.8, 4) is 17.2 Å². The Morgan fingerprint density at radius 2 is 1.82 bits per heavy atom. The van der Waals surface area contributed by atoms with Gasteiger partial charge < -0.3 is 19.9 Å². The first-order chi connectivity index (χ1) is 8.19. The highest BCUT2D eigenvalue weighted by molar-refractivity contribution is 5.69. The summed E-state index contributed by atoms with van der Waals surface area (Å²) in [6, 6.07) is 1.22. The van der Waals surface area contributed by atoms with E-state index in [0.29, 0.717) is 23.6 Å². The smallest absolute Gasteiger partial charge is 0.171 e. The lowest BCUT2D eigenvalue weighted by Gasteiger charge is -2.14. The van der Waals surface area contributed by atoms with E-state index in [0.717, 1.165) is 0 Å². The highest BCUT2D eigenvalue weighted by Gasteiger charge is 2.18. The second-order valence-electron chi connectivity index (χ2n) is 3.18. The Morgan fingerprint density at radius 3 is 2.29 bits per heavy atom. The molecule has 1 aromatic carbocycles. The van der Waals surface area contributed by atoms with Gasteiger partial charge in [0, 0.05) is 12.6 Å². The zero-order valence-electron chi connectivity index (χ0n) is 10.1. The first-order valence-electron chi connectivity index (χ1n) is 5.04. The lowest BCUT2D eigenvalue weighted by Crippen LogP contribution is -2.00. The van der Waals surface area contributed by atoms with Crippen LogP contribution >= 0.6 is 0 Å². The summed E-state index contributed by atoms with van der Waals surface area (Å²) >= 11 is 0. The van der Waals surface area contributed by atoms with E-state index in [2.05, 4.69) is 0 Å². The molecule has 2 N–H and O–H groups in total. The van der Waals surface area contributed by atoms with Crippen LogP contribution in [0.2, 0.25) is 0 Å². The first-order valence-corrected chi connectivity index (χ1v) is 5.04. The lowest BCUT2D eigenvalue weighted by atomic mass is 10.1. The SMILES string of the molecule is COc1cc(F)c(OC)c(/C=C/CN)c1OC. The minimum Gasteiger partial charge on any atom is -0.493 e. The molecule has 0 saturated heterocycles. The van der Waals surface area contributed by atoms with E-state index in [1.54, 1.807) is 12.2 Å². The molecule has 0 saturated carbocycles. The minimum atomic E-state index is -0.512. The third kappa shape index (κ3) is 2.68. The van der Waals surface area contributed by atoms with Crippen molar-refractivity contribution in [3.05, 3.63) is 23.5 Å². The molecule has 0 amide bonds. The number of ether oxygens (including phenoxy) is 3. The van der Waals surface area contributed by atoms with Crippen molar-refractivity contribution < 1.29 is 18.6 Å². The van der Waals surface area contributed by atoms with Crippen LogP contribution in [-0.4, -0.2) is 27.9 Å². The fourth-order valence-corrected chi connectivity index (χ4v) is 1.52. The number of hydrogen-bond donors (Lipinski definition) is 1. The Bertz CT molecular complexity index is 419. The van der Waals surface area contributed by atoms with Gasteiger partial charge in [0.15, 0.2) is 23.1 Å². The second-order valence-corrected chi connectivity index (χ2v) is 3.18. The molecular weight excluding hydrogens is 225 g/mol. The minimum absolute atomic E-state index is 0.104. The van der Waals surface area contributed by atoms with Crippen LogP contribution in [0.3, 0.4) is 0 Å². The van der Waals surface area contributed by atoms with Crippen LogP contribution in [-0.2, 0) is 0 Å². The second kappa shape index (κ2) is 6.10. The van der Waals surface area contributed by atoms with Gasteiger partial charge in [-0.15, -0.1) is 0 Å². The highest BCUT2D eigenvalue weighted by atomic mass is 19.1. The van der Waals surface area contributed by atoms with Gasteiger partial charge in [0.2, 0.25) is 0 Å². The third-order valence-corrected chi connectivity index (χ3v) is 2.24. The molecule has 94 valence electrons. The fourth-order valence-electron chi connectivity index (χ4n) is 1.52. The largest absolute Gasteiger partial charge is 0.493 e. The number of halogens is 1. The Labute approximate surface area is 99.8 Å². The van der Waals surface area contributed by atoms with Gasteiger partial charge in [-0.3, -0.25) is 0 Å². The molecule has 17 heavy (non-hydrogen) atoms. The van der Waals surface area contributed by atoms with E-state index in [4.69, 9.17) is 19.9 Å². The molecule has 1 rings (SSSR count). The summed E-state index contributed by atoms with van der Waals surface area (Å²) in [6.07, 6.45) is 3.32. The van der Waals surface area contributed by atoms with Crippen LogP contribution in [0.5, 0.6) is 17.2 Å². The Kier molecular flexibility index (Phi) is 4.78. The van der Waals surface area contributed by atoms with Crippen LogP contribution in [0.1, 0.15) is 5.56 Å². The van der Waals surface area contributed by atoms with Crippen LogP contribution in [0.4, 0.5) is 4.39 Å². The molecule has 0 aliphatic rings. The summed E-state index contributed by atoms with van der Waals surface area (Å²) in [5, 5.41) is 0. The van der Waals surface area contributed by atoms with Gasteiger partial charge in [-0.1, -0.05) is 6.08 Å². The molecule has 0 aliphatic carbocycles. The Hall–Kier alpha value is -1.75. The molecule has 0 bridgehead atoms. The van der Waals surface area contributed by atoms with Crippen molar-refractivity contribution in [2.24, 2.45) is 5.73 Å². The molecular formula is C12H16FNO3. The summed E-state index contributed by atoms with van der Waals surface area (Å²) in [4.78, 5) is 0. The number of methoxy groups -OCH3 is 3. The molecule has 1 aromatic rings. The lowest BCUT2D eigenvalue weighted by molar-refractivity contribution is 0.338.